The third-order valence-electron chi connectivity index (χ3n) is 2.39. The molecule has 0 aliphatic carbocycles. The molecule has 4 heteroatoms. The summed E-state index contributed by atoms with van der Waals surface area (Å²) in [6.07, 6.45) is -0.970. The van der Waals surface area contributed by atoms with Gasteiger partial charge in [-0.2, -0.15) is 0 Å². The molecular weight excluding hydrogens is 290 g/mol. The van der Waals surface area contributed by atoms with Gasteiger partial charge in [-0.3, -0.25) is 0 Å². The van der Waals surface area contributed by atoms with Gasteiger partial charge in [0.25, 0.3) is 0 Å². The van der Waals surface area contributed by atoms with E-state index in [0.29, 0.717) is 15.6 Å². The van der Waals surface area contributed by atoms with Gasteiger partial charge in [-0.05, 0) is 41.5 Å². The average molecular weight is 299 g/mol. The molecule has 1 nitrogen and oxygen atoms in total. The lowest BCUT2D eigenvalue weighted by molar-refractivity contribution is 0.219. The maximum absolute atomic E-state index is 13.2. The Balaban J connectivity index is 2.36. The number of halogens is 3. The molecule has 2 aromatic carbocycles. The van der Waals surface area contributed by atoms with Crippen molar-refractivity contribution in [3.8, 4) is 0 Å². The maximum Gasteiger partial charge on any atom is 0.124 e. The van der Waals surface area contributed by atoms with E-state index in [1.54, 1.807) is 6.07 Å². The van der Waals surface area contributed by atoms with Crippen LogP contribution in [0.3, 0.4) is 0 Å². The normalized spacial score (nSPS) is 12.5. The molecule has 1 N–H and O–H groups in total. The highest BCUT2D eigenvalue weighted by Crippen LogP contribution is 2.25. The summed E-state index contributed by atoms with van der Waals surface area (Å²) in [5.74, 6) is -0.808. The highest BCUT2D eigenvalue weighted by atomic mass is 79.9. The smallest absolute Gasteiger partial charge is 0.124 e. The van der Waals surface area contributed by atoms with Crippen LogP contribution >= 0.6 is 15.9 Å². The van der Waals surface area contributed by atoms with Crippen molar-refractivity contribution in [2.45, 2.75) is 6.10 Å². The minimum atomic E-state index is -0.970. The van der Waals surface area contributed by atoms with Gasteiger partial charge in [0.15, 0.2) is 0 Å². The molecule has 0 spiro atoms. The third kappa shape index (κ3) is 2.90. The number of aliphatic hydroxyl groups excluding tert-OH is 1. The minimum Gasteiger partial charge on any atom is -0.384 e. The van der Waals surface area contributed by atoms with Crippen molar-refractivity contribution in [2.75, 3.05) is 0 Å². The van der Waals surface area contributed by atoms with Crippen molar-refractivity contribution in [3.05, 3.63) is 69.7 Å². The Morgan fingerprint density at radius 2 is 1.53 bits per heavy atom. The summed E-state index contributed by atoms with van der Waals surface area (Å²) in [6, 6.07) is 9.63. The molecule has 0 fully saturated rings. The van der Waals surface area contributed by atoms with Gasteiger partial charge in [0.1, 0.15) is 17.7 Å². The Hall–Kier alpha value is -1.26. The molecule has 1 atom stereocenters. The van der Waals surface area contributed by atoms with Gasteiger partial charge in [0.05, 0.1) is 0 Å². The van der Waals surface area contributed by atoms with E-state index in [9.17, 15) is 13.9 Å². The van der Waals surface area contributed by atoms with Crippen LogP contribution in [0.4, 0.5) is 8.78 Å². The molecule has 0 aliphatic heterocycles. The molecule has 1 unspecified atom stereocenters. The summed E-state index contributed by atoms with van der Waals surface area (Å²) in [5, 5.41) is 10.0. The number of hydrogen-bond donors (Lipinski definition) is 1. The van der Waals surface area contributed by atoms with Crippen molar-refractivity contribution in [1.82, 2.24) is 0 Å². The zero-order chi connectivity index (χ0) is 12.4. The van der Waals surface area contributed by atoms with Gasteiger partial charge < -0.3 is 5.11 Å². The van der Waals surface area contributed by atoms with Crippen LogP contribution in [0.2, 0.25) is 0 Å². The van der Waals surface area contributed by atoms with Crippen LogP contribution in [0.15, 0.2) is 46.9 Å². The highest BCUT2D eigenvalue weighted by molar-refractivity contribution is 9.10. The summed E-state index contributed by atoms with van der Waals surface area (Å²) in [7, 11) is 0. The Labute approximate surface area is 106 Å². The molecule has 0 radical (unpaired) electrons. The molecule has 2 rings (SSSR count). The van der Waals surface area contributed by atoms with Gasteiger partial charge in [0.2, 0.25) is 0 Å². The quantitative estimate of drug-likeness (QED) is 0.894. The van der Waals surface area contributed by atoms with E-state index in [-0.39, 0.29) is 5.82 Å². The van der Waals surface area contributed by atoms with Gasteiger partial charge in [-0.25, -0.2) is 8.78 Å². The van der Waals surface area contributed by atoms with Crippen LogP contribution < -0.4 is 0 Å². The lowest BCUT2D eigenvalue weighted by Crippen LogP contribution is -2.00. The first kappa shape index (κ1) is 12.2. The summed E-state index contributed by atoms with van der Waals surface area (Å²) >= 11 is 3.15. The largest absolute Gasteiger partial charge is 0.384 e. The molecule has 0 saturated heterocycles. The number of hydrogen-bond acceptors (Lipinski definition) is 1. The second kappa shape index (κ2) is 4.94. The molecule has 0 saturated carbocycles. The van der Waals surface area contributed by atoms with E-state index in [1.165, 1.54) is 36.4 Å². The highest BCUT2D eigenvalue weighted by Gasteiger charge is 2.12. The minimum absolute atomic E-state index is 0.374. The fourth-order valence-corrected chi connectivity index (χ4v) is 2.05. The van der Waals surface area contributed by atoms with Gasteiger partial charge >= 0.3 is 0 Å². The number of aliphatic hydroxyl groups is 1. The first-order chi connectivity index (χ1) is 8.06. The lowest BCUT2D eigenvalue weighted by atomic mass is 10.0. The van der Waals surface area contributed by atoms with Crippen molar-refractivity contribution in [3.63, 3.8) is 0 Å². The van der Waals surface area contributed by atoms with E-state index < -0.39 is 11.9 Å². The Bertz CT molecular complexity index is 505. The monoisotopic (exact) mass is 298 g/mol. The molecule has 88 valence electrons. The Morgan fingerprint density at radius 1 is 0.882 bits per heavy atom. The predicted molar refractivity (Wildman–Crippen MR) is 64.6 cm³/mol. The summed E-state index contributed by atoms with van der Waals surface area (Å²) < 4.78 is 26.4. The molecule has 0 amide bonds. The lowest BCUT2D eigenvalue weighted by Gasteiger charge is -2.12. The average Bonchev–Trinajstić information content (AvgIpc) is 2.28. The maximum atomic E-state index is 13.2. The van der Waals surface area contributed by atoms with E-state index in [1.807, 2.05) is 0 Å². The summed E-state index contributed by atoms with van der Waals surface area (Å²) in [5.41, 5.74) is 0.937. The zero-order valence-electron chi connectivity index (χ0n) is 8.70. The fourth-order valence-electron chi connectivity index (χ4n) is 1.57. The van der Waals surface area contributed by atoms with Crippen LogP contribution in [0, 0.1) is 11.6 Å². The third-order valence-corrected chi connectivity index (χ3v) is 2.84. The topological polar surface area (TPSA) is 20.2 Å². The zero-order valence-corrected chi connectivity index (χ0v) is 10.3. The molecule has 0 heterocycles. The SMILES string of the molecule is OC(c1ccc(F)cc1)c1cc(F)cc(Br)c1. The van der Waals surface area contributed by atoms with Crippen LogP contribution in [-0.2, 0) is 0 Å². The van der Waals surface area contributed by atoms with E-state index in [4.69, 9.17) is 0 Å². The van der Waals surface area contributed by atoms with Gasteiger partial charge in [0, 0.05) is 4.47 Å². The standard InChI is InChI=1S/C13H9BrF2O/c14-10-5-9(6-12(16)7-10)13(17)8-1-3-11(15)4-2-8/h1-7,13,17H. The first-order valence-electron chi connectivity index (χ1n) is 4.96. The van der Waals surface area contributed by atoms with Crippen LogP contribution in [0.25, 0.3) is 0 Å². The molecule has 0 aromatic heterocycles. The first-order valence-corrected chi connectivity index (χ1v) is 5.75. The molecule has 0 aliphatic rings. The van der Waals surface area contributed by atoms with Gasteiger partial charge in [-0.15, -0.1) is 0 Å². The van der Waals surface area contributed by atoms with Crippen molar-refractivity contribution >= 4 is 15.9 Å². The van der Waals surface area contributed by atoms with Crippen molar-refractivity contribution < 1.29 is 13.9 Å². The summed E-state index contributed by atoms with van der Waals surface area (Å²) in [6.45, 7) is 0. The Kier molecular flexibility index (Phi) is 3.54. The summed E-state index contributed by atoms with van der Waals surface area (Å²) in [4.78, 5) is 0. The Morgan fingerprint density at radius 3 is 2.12 bits per heavy atom. The van der Waals surface area contributed by atoms with Crippen LogP contribution in [0.5, 0.6) is 0 Å². The van der Waals surface area contributed by atoms with Crippen molar-refractivity contribution in [1.29, 1.82) is 0 Å². The van der Waals surface area contributed by atoms with E-state index in [0.717, 1.165) is 0 Å². The van der Waals surface area contributed by atoms with Crippen molar-refractivity contribution in [2.24, 2.45) is 0 Å². The van der Waals surface area contributed by atoms with E-state index in [2.05, 4.69) is 15.9 Å². The second-order valence-electron chi connectivity index (χ2n) is 3.66. The van der Waals surface area contributed by atoms with Gasteiger partial charge in [-0.1, -0.05) is 28.1 Å². The number of benzene rings is 2. The molecule has 0 bridgehead atoms. The molecular formula is C13H9BrF2O. The number of rotatable bonds is 2. The molecule has 2 aromatic rings. The molecule has 17 heavy (non-hydrogen) atoms. The fraction of sp³-hybridized carbons (Fsp3) is 0.0769. The second-order valence-corrected chi connectivity index (χ2v) is 4.57. The predicted octanol–water partition coefficient (Wildman–Crippen LogP) is 3.81. The van der Waals surface area contributed by atoms with Crippen LogP contribution in [-0.4, -0.2) is 5.11 Å². The van der Waals surface area contributed by atoms with Crippen LogP contribution in [0.1, 0.15) is 17.2 Å². The van der Waals surface area contributed by atoms with E-state index >= 15 is 0 Å².